The van der Waals surface area contributed by atoms with Crippen LogP contribution in [0.1, 0.15) is 61.7 Å². The maximum absolute atomic E-state index is 6.26. The van der Waals surface area contributed by atoms with E-state index in [-0.39, 0.29) is 11.5 Å². The second-order valence-corrected chi connectivity index (χ2v) is 9.40. The van der Waals surface area contributed by atoms with E-state index >= 15 is 0 Å². The van der Waals surface area contributed by atoms with E-state index in [9.17, 15) is 0 Å². The molecule has 1 heterocycles. The molecule has 0 unspecified atom stereocenters. The van der Waals surface area contributed by atoms with Gasteiger partial charge in [-0.3, -0.25) is 0 Å². The fourth-order valence-corrected chi connectivity index (χ4v) is 5.28. The summed E-state index contributed by atoms with van der Waals surface area (Å²) in [6.45, 7) is 0. The van der Waals surface area contributed by atoms with E-state index in [0.29, 0.717) is 21.7 Å². The van der Waals surface area contributed by atoms with Gasteiger partial charge in [-0.25, -0.2) is 0 Å². The summed E-state index contributed by atoms with van der Waals surface area (Å²) in [6, 6.07) is 16.1. The minimum atomic E-state index is 0.0485. The van der Waals surface area contributed by atoms with Gasteiger partial charge in [-0.05, 0) is 62.3 Å². The average Bonchev–Trinajstić information content (AvgIpc) is 3.48. The fraction of sp³-hybridized carbons (Fsp3) is 0.417. The van der Waals surface area contributed by atoms with Crippen molar-refractivity contribution in [2.24, 2.45) is 7.05 Å². The lowest BCUT2D eigenvalue weighted by atomic mass is 9.86. The first-order valence-electron chi connectivity index (χ1n) is 10.6. The van der Waals surface area contributed by atoms with Gasteiger partial charge in [0.25, 0.3) is 0 Å². The third-order valence-electron chi connectivity index (χ3n) is 6.64. The molecule has 2 aliphatic rings. The molecule has 30 heavy (non-hydrogen) atoms. The Morgan fingerprint density at radius 1 is 0.967 bits per heavy atom. The van der Waals surface area contributed by atoms with Crippen molar-refractivity contribution in [3.8, 4) is 5.75 Å². The SMILES string of the molecule is Cn1c(C2CCC(Oc3ccc(Cl)cc3Cl)CC2)nnc1C1(c2ccccc2)CC1. The van der Waals surface area contributed by atoms with E-state index < -0.39 is 0 Å². The first-order valence-corrected chi connectivity index (χ1v) is 11.4. The Kier molecular flexibility index (Phi) is 5.24. The minimum absolute atomic E-state index is 0.0485. The number of benzene rings is 2. The molecule has 2 saturated carbocycles. The lowest BCUT2D eigenvalue weighted by molar-refractivity contribution is 0.144. The smallest absolute Gasteiger partial charge is 0.143 e. The highest BCUT2D eigenvalue weighted by atomic mass is 35.5. The third kappa shape index (κ3) is 3.61. The van der Waals surface area contributed by atoms with E-state index in [1.165, 1.54) is 5.56 Å². The Bertz CT molecular complexity index is 1040. The molecule has 2 aliphatic carbocycles. The van der Waals surface area contributed by atoms with Crippen LogP contribution in [0.2, 0.25) is 10.0 Å². The fourth-order valence-electron chi connectivity index (χ4n) is 4.83. The molecule has 6 heteroatoms. The molecule has 0 saturated heterocycles. The molecule has 4 nitrogen and oxygen atoms in total. The zero-order valence-corrected chi connectivity index (χ0v) is 18.5. The van der Waals surface area contributed by atoms with Gasteiger partial charge in [0.2, 0.25) is 0 Å². The van der Waals surface area contributed by atoms with E-state index in [2.05, 4.69) is 52.1 Å². The van der Waals surface area contributed by atoms with Gasteiger partial charge in [0.05, 0.1) is 16.5 Å². The molecule has 5 rings (SSSR count). The van der Waals surface area contributed by atoms with Crippen molar-refractivity contribution >= 4 is 23.2 Å². The van der Waals surface area contributed by atoms with Crippen LogP contribution in [-0.2, 0) is 12.5 Å². The highest BCUT2D eigenvalue weighted by Crippen LogP contribution is 2.53. The summed E-state index contributed by atoms with van der Waals surface area (Å²) in [7, 11) is 2.13. The van der Waals surface area contributed by atoms with E-state index in [0.717, 1.165) is 50.2 Å². The van der Waals surface area contributed by atoms with E-state index in [1.807, 2.05) is 12.1 Å². The third-order valence-corrected chi connectivity index (χ3v) is 7.17. The molecule has 156 valence electrons. The van der Waals surface area contributed by atoms with Crippen molar-refractivity contribution in [1.29, 1.82) is 0 Å². The maximum Gasteiger partial charge on any atom is 0.143 e. The molecule has 0 N–H and O–H groups in total. The average molecular weight is 442 g/mol. The predicted octanol–water partition coefficient (Wildman–Crippen LogP) is 6.31. The summed E-state index contributed by atoms with van der Waals surface area (Å²) in [4.78, 5) is 0. The molecular weight excluding hydrogens is 417 g/mol. The molecule has 0 radical (unpaired) electrons. The molecule has 2 fully saturated rings. The number of nitrogens with zero attached hydrogens (tertiary/aromatic N) is 3. The summed E-state index contributed by atoms with van der Waals surface area (Å²) in [5.41, 5.74) is 1.40. The predicted molar refractivity (Wildman–Crippen MR) is 120 cm³/mol. The van der Waals surface area contributed by atoms with Crippen LogP contribution in [0.5, 0.6) is 5.75 Å². The zero-order chi connectivity index (χ0) is 20.7. The largest absolute Gasteiger partial charge is 0.489 e. The maximum atomic E-state index is 6.26. The van der Waals surface area contributed by atoms with Crippen LogP contribution < -0.4 is 4.74 Å². The van der Waals surface area contributed by atoms with Crippen LogP contribution in [0, 0.1) is 0 Å². The van der Waals surface area contributed by atoms with Crippen LogP contribution in [-0.4, -0.2) is 20.9 Å². The van der Waals surface area contributed by atoms with Gasteiger partial charge in [0, 0.05) is 18.0 Å². The van der Waals surface area contributed by atoms with Gasteiger partial charge in [0.15, 0.2) is 0 Å². The number of aromatic nitrogens is 3. The van der Waals surface area contributed by atoms with Gasteiger partial charge in [-0.15, -0.1) is 10.2 Å². The van der Waals surface area contributed by atoms with Crippen molar-refractivity contribution in [2.75, 3.05) is 0 Å². The van der Waals surface area contributed by atoms with E-state index in [4.69, 9.17) is 27.9 Å². The lowest BCUT2D eigenvalue weighted by Gasteiger charge is -2.29. The Morgan fingerprint density at radius 2 is 1.70 bits per heavy atom. The Morgan fingerprint density at radius 3 is 2.37 bits per heavy atom. The molecule has 0 spiro atoms. The number of hydrogen-bond donors (Lipinski definition) is 0. The summed E-state index contributed by atoms with van der Waals surface area (Å²) < 4.78 is 8.40. The number of halogens is 2. The minimum Gasteiger partial charge on any atom is -0.489 e. The molecule has 3 aromatic rings. The highest BCUT2D eigenvalue weighted by Gasteiger charge is 2.50. The van der Waals surface area contributed by atoms with Crippen molar-refractivity contribution in [1.82, 2.24) is 14.8 Å². The van der Waals surface area contributed by atoms with Crippen molar-refractivity contribution in [2.45, 2.75) is 56.0 Å². The van der Waals surface area contributed by atoms with Gasteiger partial charge in [-0.1, -0.05) is 53.5 Å². The van der Waals surface area contributed by atoms with Crippen LogP contribution in [0.15, 0.2) is 48.5 Å². The lowest BCUT2D eigenvalue weighted by Crippen LogP contribution is -2.25. The van der Waals surface area contributed by atoms with Crippen molar-refractivity contribution in [3.63, 3.8) is 0 Å². The summed E-state index contributed by atoms with van der Waals surface area (Å²) in [5, 5.41) is 10.5. The summed E-state index contributed by atoms with van der Waals surface area (Å²) in [5.74, 6) is 3.34. The Labute approximate surface area is 187 Å². The first kappa shape index (κ1) is 19.9. The molecule has 0 amide bonds. The van der Waals surface area contributed by atoms with Gasteiger partial charge in [0.1, 0.15) is 17.4 Å². The van der Waals surface area contributed by atoms with Gasteiger partial charge >= 0.3 is 0 Å². The van der Waals surface area contributed by atoms with Crippen molar-refractivity contribution < 1.29 is 4.74 Å². The first-order chi connectivity index (χ1) is 14.6. The second kappa shape index (κ2) is 7.90. The number of hydrogen-bond acceptors (Lipinski definition) is 3. The molecule has 2 aromatic carbocycles. The quantitative estimate of drug-likeness (QED) is 0.465. The normalized spacial score (nSPS) is 22.6. The van der Waals surface area contributed by atoms with Gasteiger partial charge in [-0.2, -0.15) is 0 Å². The highest BCUT2D eigenvalue weighted by molar-refractivity contribution is 6.35. The Balaban J connectivity index is 1.27. The van der Waals surface area contributed by atoms with E-state index in [1.54, 1.807) is 6.07 Å². The topological polar surface area (TPSA) is 39.9 Å². The van der Waals surface area contributed by atoms with Gasteiger partial charge < -0.3 is 9.30 Å². The van der Waals surface area contributed by atoms with Crippen LogP contribution in [0.25, 0.3) is 0 Å². The second-order valence-electron chi connectivity index (χ2n) is 8.56. The molecule has 1 aromatic heterocycles. The monoisotopic (exact) mass is 441 g/mol. The Hall–Kier alpha value is -2.04. The number of rotatable bonds is 5. The summed E-state index contributed by atoms with van der Waals surface area (Å²) >= 11 is 12.2. The summed E-state index contributed by atoms with van der Waals surface area (Å²) in [6.07, 6.45) is 6.51. The molecule has 0 aliphatic heterocycles. The van der Waals surface area contributed by atoms with Crippen LogP contribution in [0.4, 0.5) is 0 Å². The molecule has 0 bridgehead atoms. The molecule has 0 atom stereocenters. The standard InChI is InChI=1S/C24H25Cl2N3O/c1-29-22(27-28-23(29)24(13-14-24)17-5-3-2-4-6-17)16-7-10-19(11-8-16)30-21-12-9-18(25)15-20(21)26/h2-6,9,12,15-16,19H,7-8,10-11,13-14H2,1H3. The van der Waals surface area contributed by atoms with Crippen molar-refractivity contribution in [3.05, 3.63) is 75.8 Å². The van der Waals surface area contributed by atoms with Crippen LogP contribution in [0.3, 0.4) is 0 Å². The zero-order valence-electron chi connectivity index (χ0n) is 17.0. The molecular formula is C24H25Cl2N3O. The number of ether oxygens (including phenoxy) is 1. The van der Waals surface area contributed by atoms with Crippen LogP contribution >= 0.6 is 23.2 Å².